The van der Waals surface area contributed by atoms with E-state index in [0.29, 0.717) is 10.9 Å². The topological polar surface area (TPSA) is 17.1 Å². The number of hydrogen-bond donors (Lipinski definition) is 0. The molecule has 0 fully saturated rings. The van der Waals surface area contributed by atoms with Crippen molar-refractivity contribution in [1.82, 2.24) is 0 Å². The lowest BCUT2D eigenvalue weighted by atomic mass is 10.1. The molecule has 0 saturated heterocycles. The molecule has 0 heterocycles. The molecule has 0 spiro atoms. The molecule has 1 aromatic rings. The Bertz CT molecular complexity index is 333. The first-order valence-corrected chi connectivity index (χ1v) is 4.59. The summed E-state index contributed by atoms with van der Waals surface area (Å²) in [5.41, 5.74) is 1.54. The standard InChI is InChI=1S/C10H7BrO/c11-6-2-5-9-3-1-4-10(7-9)8-12/h1,3-4,7-8H,6H2. The van der Waals surface area contributed by atoms with E-state index in [-0.39, 0.29) is 0 Å². The maximum atomic E-state index is 10.4. The van der Waals surface area contributed by atoms with Crippen LogP contribution in [0.5, 0.6) is 0 Å². The first-order valence-electron chi connectivity index (χ1n) is 3.47. The number of carbonyl (C=O) groups excluding carboxylic acids is 1. The minimum absolute atomic E-state index is 0.651. The Labute approximate surface area is 79.9 Å². The van der Waals surface area contributed by atoms with Gasteiger partial charge in [0.05, 0.1) is 5.33 Å². The molecule has 1 rings (SSSR count). The molecule has 0 aliphatic carbocycles. The van der Waals surface area contributed by atoms with E-state index in [9.17, 15) is 4.79 Å². The fraction of sp³-hybridized carbons (Fsp3) is 0.100. The zero-order chi connectivity index (χ0) is 8.81. The van der Waals surface area contributed by atoms with Crippen LogP contribution in [0.1, 0.15) is 15.9 Å². The van der Waals surface area contributed by atoms with Crippen LogP contribution in [0.3, 0.4) is 0 Å². The van der Waals surface area contributed by atoms with Gasteiger partial charge in [0, 0.05) is 11.1 Å². The van der Waals surface area contributed by atoms with Gasteiger partial charge in [0.25, 0.3) is 0 Å². The molecule has 2 heteroatoms. The van der Waals surface area contributed by atoms with Gasteiger partial charge in [-0.2, -0.15) is 0 Å². The fourth-order valence-corrected chi connectivity index (χ4v) is 0.965. The molecule has 1 nitrogen and oxygen atoms in total. The number of alkyl halides is 1. The highest BCUT2D eigenvalue weighted by Gasteiger charge is 1.89. The smallest absolute Gasteiger partial charge is 0.150 e. The molecule has 0 bridgehead atoms. The number of carbonyl (C=O) groups is 1. The van der Waals surface area contributed by atoms with Crippen LogP contribution >= 0.6 is 15.9 Å². The normalized spacial score (nSPS) is 8.42. The van der Waals surface area contributed by atoms with Crippen molar-refractivity contribution < 1.29 is 4.79 Å². The van der Waals surface area contributed by atoms with Crippen molar-refractivity contribution in [2.24, 2.45) is 0 Å². The van der Waals surface area contributed by atoms with E-state index in [1.165, 1.54) is 0 Å². The zero-order valence-electron chi connectivity index (χ0n) is 6.38. The van der Waals surface area contributed by atoms with Gasteiger partial charge in [0.1, 0.15) is 6.29 Å². The summed E-state index contributed by atoms with van der Waals surface area (Å²) in [6.45, 7) is 0. The zero-order valence-corrected chi connectivity index (χ0v) is 7.97. The van der Waals surface area contributed by atoms with Crippen LogP contribution < -0.4 is 0 Å². The molecule has 0 radical (unpaired) electrons. The molecule has 0 aliphatic heterocycles. The number of hydrogen-bond acceptors (Lipinski definition) is 1. The third kappa shape index (κ3) is 2.52. The maximum Gasteiger partial charge on any atom is 0.150 e. The van der Waals surface area contributed by atoms with E-state index < -0.39 is 0 Å². The summed E-state index contributed by atoms with van der Waals surface area (Å²) in [6.07, 6.45) is 0.819. The minimum atomic E-state index is 0.651. The summed E-state index contributed by atoms with van der Waals surface area (Å²) in [6, 6.07) is 7.22. The Balaban J connectivity index is 2.93. The van der Waals surface area contributed by atoms with E-state index >= 15 is 0 Å². The van der Waals surface area contributed by atoms with E-state index in [2.05, 4.69) is 27.8 Å². The van der Waals surface area contributed by atoms with Crippen LogP contribution in [-0.4, -0.2) is 11.6 Å². The van der Waals surface area contributed by atoms with Crippen molar-refractivity contribution in [3.05, 3.63) is 35.4 Å². The van der Waals surface area contributed by atoms with Gasteiger partial charge in [-0.15, -0.1) is 0 Å². The van der Waals surface area contributed by atoms with Gasteiger partial charge in [-0.25, -0.2) is 0 Å². The average Bonchev–Trinajstić information content (AvgIpc) is 2.15. The average molecular weight is 223 g/mol. The highest BCUT2D eigenvalue weighted by molar-refractivity contribution is 9.09. The molecule has 0 saturated carbocycles. The third-order valence-corrected chi connectivity index (χ3v) is 1.60. The molecule has 0 unspecified atom stereocenters. The van der Waals surface area contributed by atoms with Crippen molar-refractivity contribution in [3.63, 3.8) is 0 Å². The van der Waals surface area contributed by atoms with Crippen LogP contribution in [0.15, 0.2) is 24.3 Å². The Kier molecular flexibility index (Phi) is 3.56. The summed E-state index contributed by atoms with van der Waals surface area (Å²) in [7, 11) is 0. The second-order valence-electron chi connectivity index (χ2n) is 2.18. The number of benzene rings is 1. The van der Waals surface area contributed by atoms with Gasteiger partial charge >= 0.3 is 0 Å². The van der Waals surface area contributed by atoms with Crippen molar-refractivity contribution in [2.45, 2.75) is 0 Å². The van der Waals surface area contributed by atoms with Gasteiger partial charge < -0.3 is 0 Å². The molecule has 0 N–H and O–H groups in total. The first-order chi connectivity index (χ1) is 5.86. The quantitative estimate of drug-likeness (QED) is 0.405. The third-order valence-electron chi connectivity index (χ3n) is 1.32. The Morgan fingerprint density at radius 1 is 1.50 bits per heavy atom. The lowest BCUT2D eigenvalue weighted by Gasteiger charge is -1.90. The van der Waals surface area contributed by atoms with Crippen LogP contribution in [0, 0.1) is 11.8 Å². The fourth-order valence-electron chi connectivity index (χ4n) is 0.825. The van der Waals surface area contributed by atoms with E-state index in [0.717, 1.165) is 11.8 Å². The van der Waals surface area contributed by atoms with E-state index in [4.69, 9.17) is 0 Å². The van der Waals surface area contributed by atoms with Gasteiger partial charge in [-0.05, 0) is 12.1 Å². The van der Waals surface area contributed by atoms with E-state index in [1.807, 2.05) is 12.1 Å². The summed E-state index contributed by atoms with van der Waals surface area (Å²) in [5.74, 6) is 5.78. The van der Waals surface area contributed by atoms with Crippen molar-refractivity contribution in [1.29, 1.82) is 0 Å². The summed E-state index contributed by atoms with van der Waals surface area (Å²) in [4.78, 5) is 10.4. The SMILES string of the molecule is O=Cc1cccc(C#CCBr)c1. The Hall–Kier alpha value is -1.07. The monoisotopic (exact) mass is 222 g/mol. The van der Waals surface area contributed by atoms with Crippen LogP contribution in [-0.2, 0) is 0 Å². The summed E-state index contributed by atoms with van der Waals surface area (Å²) in [5, 5.41) is 0.651. The highest BCUT2D eigenvalue weighted by Crippen LogP contribution is 2.00. The van der Waals surface area contributed by atoms with Crippen molar-refractivity contribution in [2.75, 3.05) is 5.33 Å². The molecule has 60 valence electrons. The molecular formula is C10H7BrO. The Morgan fingerprint density at radius 2 is 2.33 bits per heavy atom. The largest absolute Gasteiger partial charge is 0.298 e. The summed E-state index contributed by atoms with van der Waals surface area (Å²) < 4.78 is 0. The van der Waals surface area contributed by atoms with Crippen LogP contribution in [0.2, 0.25) is 0 Å². The van der Waals surface area contributed by atoms with Gasteiger partial charge in [0.2, 0.25) is 0 Å². The van der Waals surface area contributed by atoms with Crippen molar-refractivity contribution in [3.8, 4) is 11.8 Å². The van der Waals surface area contributed by atoms with Gasteiger partial charge in [-0.1, -0.05) is 39.9 Å². The number of aldehydes is 1. The molecule has 12 heavy (non-hydrogen) atoms. The highest BCUT2D eigenvalue weighted by atomic mass is 79.9. The van der Waals surface area contributed by atoms with Crippen LogP contribution in [0.25, 0.3) is 0 Å². The lowest BCUT2D eigenvalue weighted by Crippen LogP contribution is -1.80. The lowest BCUT2D eigenvalue weighted by molar-refractivity contribution is 0.112. The first kappa shape index (κ1) is 9.02. The number of rotatable bonds is 1. The maximum absolute atomic E-state index is 10.4. The number of halogens is 1. The minimum Gasteiger partial charge on any atom is -0.298 e. The molecular weight excluding hydrogens is 216 g/mol. The molecule has 1 aromatic carbocycles. The summed E-state index contributed by atoms with van der Waals surface area (Å²) >= 11 is 3.20. The van der Waals surface area contributed by atoms with Crippen LogP contribution in [0.4, 0.5) is 0 Å². The molecule has 0 atom stereocenters. The predicted octanol–water partition coefficient (Wildman–Crippen LogP) is 2.25. The second kappa shape index (κ2) is 4.74. The second-order valence-corrected chi connectivity index (χ2v) is 2.74. The van der Waals surface area contributed by atoms with Crippen molar-refractivity contribution >= 4 is 22.2 Å². The van der Waals surface area contributed by atoms with Gasteiger partial charge in [-0.3, -0.25) is 4.79 Å². The van der Waals surface area contributed by atoms with Gasteiger partial charge in [0.15, 0.2) is 0 Å². The molecule has 0 amide bonds. The van der Waals surface area contributed by atoms with E-state index in [1.54, 1.807) is 12.1 Å². The Morgan fingerprint density at radius 3 is 3.00 bits per heavy atom. The molecule has 0 aromatic heterocycles. The molecule has 0 aliphatic rings. The predicted molar refractivity (Wildman–Crippen MR) is 52.5 cm³/mol.